The molecule has 0 spiro atoms. The third-order valence-corrected chi connectivity index (χ3v) is 7.07. The Balaban J connectivity index is 2.32. The third kappa shape index (κ3) is 3.08. The Bertz CT molecular complexity index is 576. The van der Waals surface area contributed by atoms with Crippen LogP contribution in [0.4, 0.5) is 0 Å². The van der Waals surface area contributed by atoms with Gasteiger partial charge in [0.05, 0.1) is 0 Å². The van der Waals surface area contributed by atoms with Crippen molar-refractivity contribution in [1.82, 2.24) is 9.62 Å². The minimum Gasteiger partial charge on any atom is -0.312 e. The van der Waals surface area contributed by atoms with Crippen LogP contribution in [0.1, 0.15) is 37.6 Å². The first-order chi connectivity index (χ1) is 9.28. The van der Waals surface area contributed by atoms with Crippen molar-refractivity contribution < 1.29 is 8.42 Å². The third-order valence-electron chi connectivity index (χ3n) is 3.77. The van der Waals surface area contributed by atoms with Gasteiger partial charge in [-0.1, -0.05) is 20.8 Å². The SMILES string of the molecule is CCNCc1scc(C)c1S(=O)(=O)N1CCC(C)(C)C1. The van der Waals surface area contributed by atoms with E-state index in [1.807, 2.05) is 19.2 Å². The van der Waals surface area contributed by atoms with Gasteiger partial charge in [0.2, 0.25) is 10.0 Å². The predicted molar refractivity (Wildman–Crippen MR) is 83.6 cm³/mol. The van der Waals surface area contributed by atoms with Gasteiger partial charge < -0.3 is 5.32 Å². The zero-order chi connectivity index (χ0) is 15.0. The summed E-state index contributed by atoms with van der Waals surface area (Å²) in [6.07, 6.45) is 0.929. The molecule has 0 amide bonds. The highest BCUT2D eigenvalue weighted by atomic mass is 32.2. The van der Waals surface area contributed by atoms with Crippen molar-refractivity contribution in [1.29, 1.82) is 0 Å². The number of nitrogens with one attached hydrogen (secondary N) is 1. The summed E-state index contributed by atoms with van der Waals surface area (Å²) in [5.41, 5.74) is 0.950. The van der Waals surface area contributed by atoms with Crippen molar-refractivity contribution in [2.75, 3.05) is 19.6 Å². The fraction of sp³-hybridized carbons (Fsp3) is 0.714. The van der Waals surface area contributed by atoms with Crippen LogP contribution < -0.4 is 5.32 Å². The van der Waals surface area contributed by atoms with Crippen molar-refractivity contribution in [3.8, 4) is 0 Å². The fourth-order valence-corrected chi connectivity index (χ4v) is 5.95. The van der Waals surface area contributed by atoms with Gasteiger partial charge in [-0.3, -0.25) is 0 Å². The molecule has 2 rings (SSSR count). The monoisotopic (exact) mass is 316 g/mol. The van der Waals surface area contributed by atoms with Crippen molar-refractivity contribution in [2.45, 2.75) is 45.6 Å². The lowest BCUT2D eigenvalue weighted by molar-refractivity contribution is 0.375. The summed E-state index contributed by atoms with van der Waals surface area (Å²) in [6.45, 7) is 10.9. The highest BCUT2D eigenvalue weighted by molar-refractivity contribution is 7.89. The van der Waals surface area contributed by atoms with Gasteiger partial charge in [-0.05, 0) is 36.2 Å². The topological polar surface area (TPSA) is 49.4 Å². The van der Waals surface area contributed by atoms with Gasteiger partial charge in [0.1, 0.15) is 4.90 Å². The first kappa shape index (κ1) is 15.9. The van der Waals surface area contributed by atoms with E-state index in [0.717, 1.165) is 23.4 Å². The summed E-state index contributed by atoms with van der Waals surface area (Å²) >= 11 is 1.53. The maximum absolute atomic E-state index is 12.9. The lowest BCUT2D eigenvalue weighted by Gasteiger charge is -2.20. The second-order valence-corrected chi connectivity index (χ2v) is 9.04. The molecule has 0 aliphatic carbocycles. The molecule has 114 valence electrons. The summed E-state index contributed by atoms with van der Waals surface area (Å²) in [5.74, 6) is 0. The van der Waals surface area contributed by atoms with Gasteiger partial charge in [0.25, 0.3) is 0 Å². The molecule has 1 aliphatic heterocycles. The number of sulfonamides is 1. The first-order valence-electron chi connectivity index (χ1n) is 7.06. The second-order valence-electron chi connectivity index (χ2n) is 6.20. The smallest absolute Gasteiger partial charge is 0.244 e. The molecule has 1 saturated heterocycles. The molecule has 0 unspecified atom stereocenters. The highest BCUT2D eigenvalue weighted by Gasteiger charge is 2.38. The zero-order valence-electron chi connectivity index (χ0n) is 12.7. The van der Waals surface area contributed by atoms with Gasteiger partial charge in [-0.2, -0.15) is 4.31 Å². The lowest BCUT2D eigenvalue weighted by Crippen LogP contribution is -2.31. The maximum atomic E-state index is 12.9. The summed E-state index contributed by atoms with van der Waals surface area (Å²) in [4.78, 5) is 1.45. The van der Waals surface area contributed by atoms with Gasteiger partial charge in [-0.25, -0.2) is 8.42 Å². The second kappa shape index (κ2) is 5.75. The molecule has 1 fully saturated rings. The first-order valence-corrected chi connectivity index (χ1v) is 9.38. The molecule has 0 aromatic carbocycles. The molecular formula is C14H24N2O2S2. The molecule has 2 heterocycles. The number of thiophene rings is 1. The Morgan fingerprint density at radius 2 is 2.15 bits per heavy atom. The minimum atomic E-state index is -3.35. The van der Waals surface area contributed by atoms with Crippen molar-refractivity contribution >= 4 is 21.4 Å². The van der Waals surface area contributed by atoms with E-state index >= 15 is 0 Å². The normalized spacial score (nSPS) is 19.6. The van der Waals surface area contributed by atoms with Crippen LogP contribution in [0.15, 0.2) is 10.3 Å². The lowest BCUT2D eigenvalue weighted by atomic mass is 9.93. The van der Waals surface area contributed by atoms with Crippen LogP contribution in [0.5, 0.6) is 0 Å². The van der Waals surface area contributed by atoms with Crippen molar-refractivity contribution in [3.63, 3.8) is 0 Å². The average Bonchev–Trinajstić information content (AvgIpc) is 2.90. The van der Waals surface area contributed by atoms with Crippen molar-refractivity contribution in [2.24, 2.45) is 5.41 Å². The van der Waals surface area contributed by atoms with E-state index < -0.39 is 10.0 Å². The fourth-order valence-electron chi connectivity index (χ4n) is 2.59. The number of hydrogen-bond donors (Lipinski definition) is 1. The molecule has 1 aromatic heterocycles. The molecule has 1 N–H and O–H groups in total. The van der Waals surface area contributed by atoms with E-state index in [2.05, 4.69) is 19.2 Å². The van der Waals surface area contributed by atoms with Crippen LogP contribution >= 0.6 is 11.3 Å². The Labute approximate surface area is 126 Å². The molecule has 1 aliphatic rings. The van der Waals surface area contributed by atoms with Gasteiger partial charge in [-0.15, -0.1) is 11.3 Å². The van der Waals surface area contributed by atoms with E-state index in [4.69, 9.17) is 0 Å². The molecule has 0 radical (unpaired) electrons. The number of aryl methyl sites for hydroxylation is 1. The largest absolute Gasteiger partial charge is 0.312 e. The van der Waals surface area contributed by atoms with Crippen LogP contribution in [0.3, 0.4) is 0 Å². The molecule has 6 heteroatoms. The van der Waals surface area contributed by atoms with E-state index in [1.165, 1.54) is 11.3 Å². The zero-order valence-corrected chi connectivity index (χ0v) is 14.3. The van der Waals surface area contributed by atoms with E-state index in [0.29, 0.717) is 24.5 Å². The Morgan fingerprint density at radius 3 is 2.70 bits per heavy atom. The predicted octanol–water partition coefficient (Wildman–Crippen LogP) is 2.59. The summed E-state index contributed by atoms with van der Waals surface area (Å²) in [5, 5.41) is 5.17. The van der Waals surface area contributed by atoms with Crippen LogP contribution in [0.2, 0.25) is 0 Å². The standard InChI is InChI=1S/C14H24N2O2S2/c1-5-15-8-12-13(11(2)9-19-12)20(17,18)16-7-6-14(3,4)10-16/h9,15H,5-8,10H2,1-4H3. The Hall–Kier alpha value is -0.430. The molecule has 0 bridgehead atoms. The number of hydrogen-bond acceptors (Lipinski definition) is 4. The molecule has 0 saturated carbocycles. The molecule has 4 nitrogen and oxygen atoms in total. The van der Waals surface area contributed by atoms with E-state index in [-0.39, 0.29) is 5.41 Å². The van der Waals surface area contributed by atoms with E-state index in [1.54, 1.807) is 4.31 Å². The molecule has 0 atom stereocenters. The van der Waals surface area contributed by atoms with Crippen LogP contribution in [-0.2, 0) is 16.6 Å². The highest BCUT2D eigenvalue weighted by Crippen LogP contribution is 2.36. The van der Waals surface area contributed by atoms with Gasteiger partial charge in [0, 0.05) is 24.5 Å². The molecule has 20 heavy (non-hydrogen) atoms. The van der Waals surface area contributed by atoms with Crippen molar-refractivity contribution in [3.05, 3.63) is 15.8 Å². The minimum absolute atomic E-state index is 0.0822. The van der Waals surface area contributed by atoms with Crippen LogP contribution in [0.25, 0.3) is 0 Å². The Kier molecular flexibility index (Phi) is 4.59. The van der Waals surface area contributed by atoms with E-state index in [9.17, 15) is 8.42 Å². The quantitative estimate of drug-likeness (QED) is 0.908. The van der Waals surface area contributed by atoms with Gasteiger partial charge in [0.15, 0.2) is 0 Å². The molecular weight excluding hydrogens is 292 g/mol. The van der Waals surface area contributed by atoms with Crippen LogP contribution in [0, 0.1) is 12.3 Å². The number of nitrogens with zero attached hydrogens (tertiary/aromatic N) is 1. The molecule has 1 aromatic rings. The summed E-state index contributed by atoms with van der Waals surface area (Å²) in [7, 11) is -3.35. The Morgan fingerprint density at radius 1 is 1.45 bits per heavy atom. The summed E-state index contributed by atoms with van der Waals surface area (Å²) in [6, 6.07) is 0. The van der Waals surface area contributed by atoms with Gasteiger partial charge >= 0.3 is 0 Å². The average molecular weight is 316 g/mol. The maximum Gasteiger partial charge on any atom is 0.244 e. The number of rotatable bonds is 5. The van der Waals surface area contributed by atoms with Crippen LogP contribution in [-0.4, -0.2) is 32.4 Å². The summed E-state index contributed by atoms with van der Waals surface area (Å²) < 4.78 is 27.4.